The number of likely N-dealkylation sites (N-methyl/N-ethyl adjacent to an activating group) is 1. The molecular formula is C22H25ClN2O3S. The predicted molar refractivity (Wildman–Crippen MR) is 117 cm³/mol. The van der Waals surface area contributed by atoms with E-state index >= 15 is 0 Å². The third-order valence-electron chi connectivity index (χ3n) is 4.77. The molecule has 2 aromatic rings. The maximum absolute atomic E-state index is 12.9. The molecule has 1 saturated heterocycles. The molecule has 2 aromatic carbocycles. The van der Waals surface area contributed by atoms with Crippen molar-refractivity contribution in [2.75, 3.05) is 39.0 Å². The molecule has 0 N–H and O–H groups in total. The van der Waals surface area contributed by atoms with Gasteiger partial charge in [0.05, 0.1) is 17.9 Å². The lowest BCUT2D eigenvalue weighted by Gasteiger charge is -2.20. The summed E-state index contributed by atoms with van der Waals surface area (Å²) >= 11 is 7.38. The van der Waals surface area contributed by atoms with Crippen LogP contribution in [0.5, 0.6) is 5.75 Å². The van der Waals surface area contributed by atoms with Crippen molar-refractivity contribution >= 4 is 35.2 Å². The Morgan fingerprint density at radius 3 is 2.66 bits per heavy atom. The molecule has 5 nitrogen and oxygen atoms in total. The molecule has 0 aliphatic carbocycles. The largest absolute Gasteiger partial charge is 0.492 e. The van der Waals surface area contributed by atoms with Gasteiger partial charge in [0, 0.05) is 30.1 Å². The quantitative estimate of drug-likeness (QED) is 0.586. The zero-order valence-corrected chi connectivity index (χ0v) is 18.0. The fraction of sp³-hybridized carbons (Fsp3) is 0.364. The van der Waals surface area contributed by atoms with Crippen LogP contribution in [0.1, 0.15) is 23.2 Å². The van der Waals surface area contributed by atoms with Gasteiger partial charge < -0.3 is 14.5 Å². The van der Waals surface area contributed by atoms with Gasteiger partial charge in [-0.05, 0) is 43.2 Å². The Morgan fingerprint density at radius 1 is 1.14 bits per heavy atom. The van der Waals surface area contributed by atoms with Gasteiger partial charge >= 0.3 is 0 Å². The van der Waals surface area contributed by atoms with Crippen molar-refractivity contribution in [1.29, 1.82) is 0 Å². The molecule has 0 bridgehead atoms. The normalized spacial score (nSPS) is 13.4. The first-order valence-electron chi connectivity index (χ1n) is 9.68. The smallest absolute Gasteiger partial charge is 0.254 e. The van der Waals surface area contributed by atoms with E-state index < -0.39 is 0 Å². The highest BCUT2D eigenvalue weighted by Gasteiger charge is 2.20. The Bertz CT molecular complexity index is 855. The maximum atomic E-state index is 12.9. The van der Waals surface area contributed by atoms with E-state index in [1.54, 1.807) is 30.1 Å². The number of rotatable bonds is 8. The van der Waals surface area contributed by atoms with E-state index in [4.69, 9.17) is 16.3 Å². The monoisotopic (exact) mass is 432 g/mol. The van der Waals surface area contributed by atoms with E-state index in [1.807, 2.05) is 35.2 Å². The highest BCUT2D eigenvalue weighted by Crippen LogP contribution is 2.25. The summed E-state index contributed by atoms with van der Waals surface area (Å²) in [5.74, 6) is 1.08. The van der Waals surface area contributed by atoms with Crippen LogP contribution in [0, 0.1) is 0 Å². The van der Waals surface area contributed by atoms with Crippen LogP contribution in [-0.4, -0.2) is 60.7 Å². The highest BCUT2D eigenvalue weighted by molar-refractivity contribution is 8.00. The molecule has 7 heteroatoms. The number of nitrogens with zero attached hydrogens (tertiary/aromatic N) is 2. The minimum absolute atomic E-state index is 0.0867. The second-order valence-corrected chi connectivity index (χ2v) is 8.36. The maximum Gasteiger partial charge on any atom is 0.254 e. The van der Waals surface area contributed by atoms with Crippen molar-refractivity contribution in [2.45, 2.75) is 17.7 Å². The van der Waals surface area contributed by atoms with E-state index in [1.165, 1.54) is 11.8 Å². The van der Waals surface area contributed by atoms with Crippen molar-refractivity contribution in [3.63, 3.8) is 0 Å². The number of hydrogen-bond acceptors (Lipinski definition) is 4. The SMILES string of the molecule is CN(CCOc1cccc(Cl)c1)C(=O)c1ccccc1SCC(=O)N1CCCC1. The summed E-state index contributed by atoms with van der Waals surface area (Å²) in [5, 5.41) is 0.612. The molecule has 0 atom stereocenters. The third kappa shape index (κ3) is 6.15. The Labute approximate surface area is 181 Å². The third-order valence-corrected chi connectivity index (χ3v) is 6.06. The van der Waals surface area contributed by atoms with Crippen molar-refractivity contribution in [3.05, 3.63) is 59.1 Å². The van der Waals surface area contributed by atoms with Crippen LogP contribution in [0.3, 0.4) is 0 Å². The topological polar surface area (TPSA) is 49.9 Å². The molecular weight excluding hydrogens is 408 g/mol. The van der Waals surface area contributed by atoms with Gasteiger partial charge in [-0.1, -0.05) is 29.8 Å². The summed E-state index contributed by atoms with van der Waals surface area (Å²) < 4.78 is 5.68. The molecule has 0 unspecified atom stereocenters. The summed E-state index contributed by atoms with van der Waals surface area (Å²) in [6.07, 6.45) is 2.15. The molecule has 0 saturated carbocycles. The van der Waals surface area contributed by atoms with Gasteiger partial charge in [0.15, 0.2) is 0 Å². The van der Waals surface area contributed by atoms with E-state index in [2.05, 4.69) is 0 Å². The van der Waals surface area contributed by atoms with Gasteiger partial charge in [-0.2, -0.15) is 0 Å². The van der Waals surface area contributed by atoms with E-state index in [-0.39, 0.29) is 11.8 Å². The number of amides is 2. The molecule has 3 rings (SSSR count). The van der Waals surface area contributed by atoms with Gasteiger partial charge in [-0.3, -0.25) is 9.59 Å². The van der Waals surface area contributed by atoms with Gasteiger partial charge in [-0.25, -0.2) is 0 Å². The zero-order chi connectivity index (χ0) is 20.6. The van der Waals surface area contributed by atoms with Crippen LogP contribution in [0.25, 0.3) is 0 Å². The second kappa shape index (κ2) is 10.6. The highest BCUT2D eigenvalue weighted by atomic mass is 35.5. The van der Waals surface area contributed by atoms with Crippen molar-refractivity contribution in [3.8, 4) is 5.75 Å². The van der Waals surface area contributed by atoms with Crippen molar-refractivity contribution in [1.82, 2.24) is 9.80 Å². The Balaban J connectivity index is 1.54. The summed E-state index contributed by atoms with van der Waals surface area (Å²) in [4.78, 5) is 29.6. The predicted octanol–water partition coefficient (Wildman–Crippen LogP) is 4.21. The van der Waals surface area contributed by atoms with Gasteiger partial charge in [0.2, 0.25) is 5.91 Å². The molecule has 1 fully saturated rings. The molecule has 0 radical (unpaired) electrons. The lowest BCUT2D eigenvalue weighted by atomic mass is 10.2. The summed E-state index contributed by atoms with van der Waals surface area (Å²) in [6, 6.07) is 14.6. The number of halogens is 1. The lowest BCUT2D eigenvalue weighted by Crippen LogP contribution is -2.31. The molecule has 0 aromatic heterocycles. The van der Waals surface area contributed by atoms with Crippen LogP contribution in [0.2, 0.25) is 5.02 Å². The zero-order valence-electron chi connectivity index (χ0n) is 16.5. The average Bonchev–Trinajstić information content (AvgIpc) is 3.27. The van der Waals surface area contributed by atoms with Gasteiger partial charge in [0.1, 0.15) is 12.4 Å². The Hall–Kier alpha value is -2.18. The number of carbonyl (C=O) groups excluding carboxylic acids is 2. The number of benzene rings is 2. The van der Waals surface area contributed by atoms with Gasteiger partial charge in [-0.15, -0.1) is 11.8 Å². The summed E-state index contributed by atoms with van der Waals surface area (Å²) in [6.45, 7) is 2.49. The Morgan fingerprint density at radius 2 is 1.90 bits per heavy atom. The standard InChI is InChI=1S/C22H25ClN2O3S/c1-24(13-14-28-18-8-6-7-17(23)15-18)22(27)19-9-2-3-10-20(19)29-16-21(26)25-11-4-5-12-25/h2-3,6-10,15H,4-5,11-14,16H2,1H3. The van der Waals surface area contributed by atoms with Gasteiger partial charge in [0.25, 0.3) is 5.91 Å². The first-order valence-corrected chi connectivity index (χ1v) is 11.0. The molecule has 154 valence electrons. The molecule has 2 amide bonds. The van der Waals surface area contributed by atoms with E-state index in [0.29, 0.717) is 35.2 Å². The summed E-state index contributed by atoms with van der Waals surface area (Å²) in [5.41, 5.74) is 0.608. The Kier molecular flexibility index (Phi) is 7.83. The average molecular weight is 433 g/mol. The van der Waals surface area contributed by atoms with Crippen LogP contribution in [-0.2, 0) is 4.79 Å². The lowest BCUT2D eigenvalue weighted by molar-refractivity contribution is -0.127. The molecule has 1 heterocycles. The number of likely N-dealkylation sites (tertiary alicyclic amines) is 1. The second-order valence-electron chi connectivity index (χ2n) is 6.91. The van der Waals surface area contributed by atoms with Crippen LogP contribution >= 0.6 is 23.4 Å². The molecule has 0 spiro atoms. The molecule has 1 aliphatic rings. The fourth-order valence-corrected chi connectivity index (χ4v) is 4.26. The fourth-order valence-electron chi connectivity index (χ4n) is 3.13. The first-order chi connectivity index (χ1) is 14.0. The van der Waals surface area contributed by atoms with Crippen LogP contribution < -0.4 is 4.74 Å². The van der Waals surface area contributed by atoms with Crippen LogP contribution in [0.4, 0.5) is 0 Å². The number of thioether (sulfide) groups is 1. The van der Waals surface area contributed by atoms with Crippen molar-refractivity contribution < 1.29 is 14.3 Å². The number of ether oxygens (including phenoxy) is 1. The minimum Gasteiger partial charge on any atom is -0.492 e. The van der Waals surface area contributed by atoms with Crippen molar-refractivity contribution in [2.24, 2.45) is 0 Å². The molecule has 29 heavy (non-hydrogen) atoms. The molecule has 1 aliphatic heterocycles. The number of carbonyl (C=O) groups is 2. The van der Waals surface area contributed by atoms with Crippen LogP contribution in [0.15, 0.2) is 53.4 Å². The van der Waals surface area contributed by atoms with E-state index in [0.717, 1.165) is 30.8 Å². The first kappa shape index (κ1) is 21.5. The van der Waals surface area contributed by atoms with E-state index in [9.17, 15) is 9.59 Å². The number of hydrogen-bond donors (Lipinski definition) is 0. The summed E-state index contributed by atoms with van der Waals surface area (Å²) in [7, 11) is 1.75. The minimum atomic E-state index is -0.0867.